The van der Waals surface area contributed by atoms with E-state index >= 15 is 0 Å². The molecule has 14 heavy (non-hydrogen) atoms. The van der Waals surface area contributed by atoms with Crippen LogP contribution in [-0.4, -0.2) is 0 Å². The Morgan fingerprint density at radius 2 is 2.07 bits per heavy atom. The Labute approximate surface area is 86.0 Å². The minimum atomic E-state index is 0.835. The lowest BCUT2D eigenvalue weighted by Gasteiger charge is -1.98. The van der Waals surface area contributed by atoms with E-state index in [-0.39, 0.29) is 0 Å². The predicted octanol–water partition coefficient (Wildman–Crippen LogP) is 3.36. The van der Waals surface area contributed by atoms with Gasteiger partial charge in [-0.05, 0) is 12.5 Å². The van der Waals surface area contributed by atoms with Crippen LogP contribution in [0.1, 0.15) is 12.5 Å². The van der Waals surface area contributed by atoms with Gasteiger partial charge >= 0.3 is 0 Å². The molecule has 0 bridgehead atoms. The largest absolute Gasteiger partial charge is 0.115 e. The van der Waals surface area contributed by atoms with Gasteiger partial charge in [-0.25, -0.2) is 0 Å². The lowest BCUT2D eigenvalue weighted by atomic mass is 10.1. The Kier molecular flexibility index (Phi) is 4.31. The van der Waals surface area contributed by atoms with Crippen LogP contribution in [-0.2, 0) is 6.42 Å². The van der Waals surface area contributed by atoms with E-state index < -0.39 is 0 Å². The normalized spacial score (nSPS) is 11.6. The molecule has 1 aromatic carbocycles. The highest BCUT2D eigenvalue weighted by Gasteiger charge is 1.93. The standard InChI is InChI=1S/C14H14/c1-3-5-9-13(4-2)12-14-10-7-6-8-11-14/h2-3,5-11H,12H2,1H3/b5-3-,13-9+. The number of rotatable bonds is 3. The molecule has 0 heterocycles. The molecule has 0 unspecified atom stereocenters. The van der Waals surface area contributed by atoms with E-state index in [1.165, 1.54) is 5.56 Å². The second kappa shape index (κ2) is 5.83. The van der Waals surface area contributed by atoms with Crippen LogP contribution in [0.5, 0.6) is 0 Å². The maximum Gasteiger partial charge on any atom is 0.00613 e. The van der Waals surface area contributed by atoms with Gasteiger partial charge in [0.1, 0.15) is 0 Å². The third-order valence-corrected chi connectivity index (χ3v) is 1.91. The smallest absolute Gasteiger partial charge is 0.00613 e. The van der Waals surface area contributed by atoms with Gasteiger partial charge in [-0.2, -0.15) is 0 Å². The summed E-state index contributed by atoms with van der Waals surface area (Å²) in [5, 5.41) is 0. The van der Waals surface area contributed by atoms with Crippen molar-refractivity contribution in [1.82, 2.24) is 0 Å². The summed E-state index contributed by atoms with van der Waals surface area (Å²) in [6, 6.07) is 10.2. The van der Waals surface area contributed by atoms with Crippen LogP contribution in [0.25, 0.3) is 0 Å². The van der Waals surface area contributed by atoms with E-state index in [0.29, 0.717) is 0 Å². The van der Waals surface area contributed by atoms with Gasteiger partial charge < -0.3 is 0 Å². The Bertz CT molecular complexity index is 361. The molecule has 70 valence electrons. The van der Waals surface area contributed by atoms with Crippen molar-refractivity contribution in [2.75, 3.05) is 0 Å². The molecule has 0 atom stereocenters. The van der Waals surface area contributed by atoms with Gasteiger partial charge in [0.05, 0.1) is 0 Å². The maximum absolute atomic E-state index is 5.41. The van der Waals surface area contributed by atoms with Crippen molar-refractivity contribution in [1.29, 1.82) is 0 Å². The fourth-order valence-electron chi connectivity index (χ4n) is 1.19. The van der Waals surface area contributed by atoms with Crippen LogP contribution in [0.3, 0.4) is 0 Å². The van der Waals surface area contributed by atoms with Crippen molar-refractivity contribution in [3.05, 3.63) is 59.7 Å². The fourth-order valence-corrected chi connectivity index (χ4v) is 1.19. The summed E-state index contributed by atoms with van der Waals surface area (Å²) in [6.45, 7) is 1.98. The SMILES string of the molecule is C#C/C(=C\C=C/C)Cc1ccccc1. The average Bonchev–Trinajstić information content (AvgIpc) is 2.25. The van der Waals surface area contributed by atoms with Crippen LogP contribution < -0.4 is 0 Å². The van der Waals surface area contributed by atoms with Crippen LogP contribution in [0.2, 0.25) is 0 Å². The second-order valence-corrected chi connectivity index (χ2v) is 3.02. The van der Waals surface area contributed by atoms with Gasteiger partial charge in [0.25, 0.3) is 0 Å². The third-order valence-electron chi connectivity index (χ3n) is 1.91. The van der Waals surface area contributed by atoms with Crippen LogP contribution in [0, 0.1) is 12.3 Å². The van der Waals surface area contributed by atoms with Gasteiger partial charge in [-0.15, -0.1) is 6.42 Å². The second-order valence-electron chi connectivity index (χ2n) is 3.02. The first-order valence-electron chi connectivity index (χ1n) is 4.69. The third kappa shape index (κ3) is 3.33. The van der Waals surface area contributed by atoms with E-state index in [1.807, 2.05) is 43.4 Å². The van der Waals surface area contributed by atoms with Gasteiger partial charge in [-0.3, -0.25) is 0 Å². The summed E-state index contributed by atoms with van der Waals surface area (Å²) in [6.07, 6.45) is 12.2. The maximum atomic E-state index is 5.41. The summed E-state index contributed by atoms with van der Waals surface area (Å²) >= 11 is 0. The van der Waals surface area contributed by atoms with Gasteiger partial charge in [0.2, 0.25) is 0 Å². The Hall–Kier alpha value is -1.74. The fraction of sp³-hybridized carbons (Fsp3) is 0.143. The van der Waals surface area contributed by atoms with Gasteiger partial charge in [0.15, 0.2) is 0 Å². The highest BCUT2D eigenvalue weighted by atomic mass is 14.0. The molecule has 0 aliphatic carbocycles. The molecular formula is C14H14. The van der Waals surface area contributed by atoms with E-state index in [9.17, 15) is 0 Å². The number of terminal acetylenes is 1. The van der Waals surface area contributed by atoms with Crippen LogP contribution in [0.4, 0.5) is 0 Å². The molecule has 0 saturated heterocycles. The highest BCUT2D eigenvalue weighted by molar-refractivity contribution is 5.34. The van der Waals surface area contributed by atoms with E-state index in [2.05, 4.69) is 18.1 Å². The first-order valence-corrected chi connectivity index (χ1v) is 4.69. The molecule has 0 spiro atoms. The van der Waals surface area contributed by atoms with Crippen molar-refractivity contribution >= 4 is 0 Å². The lowest BCUT2D eigenvalue weighted by Crippen LogP contribution is -1.86. The number of benzene rings is 1. The lowest BCUT2D eigenvalue weighted by molar-refractivity contribution is 1.21. The average molecular weight is 182 g/mol. The van der Waals surface area contributed by atoms with Gasteiger partial charge in [0, 0.05) is 12.0 Å². The Balaban J connectivity index is 2.73. The molecule has 0 saturated carbocycles. The molecule has 0 aliphatic rings. The zero-order valence-corrected chi connectivity index (χ0v) is 8.40. The Morgan fingerprint density at radius 1 is 1.36 bits per heavy atom. The Morgan fingerprint density at radius 3 is 2.64 bits per heavy atom. The van der Waals surface area contributed by atoms with E-state index in [1.54, 1.807) is 0 Å². The van der Waals surface area contributed by atoms with Crippen molar-refractivity contribution in [2.24, 2.45) is 0 Å². The summed E-state index contributed by atoms with van der Waals surface area (Å²) in [4.78, 5) is 0. The number of hydrogen-bond donors (Lipinski definition) is 0. The number of allylic oxidation sites excluding steroid dienone is 4. The topological polar surface area (TPSA) is 0 Å². The van der Waals surface area contributed by atoms with Crippen LogP contribution in [0.15, 0.2) is 54.1 Å². The minimum Gasteiger partial charge on any atom is -0.115 e. The molecule has 0 fully saturated rings. The minimum absolute atomic E-state index is 0.835. The molecule has 0 radical (unpaired) electrons. The monoisotopic (exact) mass is 182 g/mol. The molecule has 1 aromatic rings. The van der Waals surface area contributed by atoms with E-state index in [4.69, 9.17) is 6.42 Å². The quantitative estimate of drug-likeness (QED) is 0.496. The zero-order chi connectivity index (χ0) is 10.2. The molecule has 0 nitrogen and oxygen atoms in total. The molecule has 0 aromatic heterocycles. The molecule has 0 amide bonds. The molecular weight excluding hydrogens is 168 g/mol. The van der Waals surface area contributed by atoms with Crippen molar-refractivity contribution < 1.29 is 0 Å². The van der Waals surface area contributed by atoms with Gasteiger partial charge in [-0.1, -0.05) is 54.5 Å². The summed E-state index contributed by atoms with van der Waals surface area (Å²) in [7, 11) is 0. The molecule has 0 N–H and O–H groups in total. The zero-order valence-electron chi connectivity index (χ0n) is 8.40. The highest BCUT2D eigenvalue weighted by Crippen LogP contribution is 2.06. The van der Waals surface area contributed by atoms with Crippen molar-refractivity contribution in [3.63, 3.8) is 0 Å². The molecule has 0 aliphatic heterocycles. The van der Waals surface area contributed by atoms with Crippen molar-refractivity contribution in [3.8, 4) is 12.3 Å². The van der Waals surface area contributed by atoms with Crippen molar-refractivity contribution in [2.45, 2.75) is 13.3 Å². The number of hydrogen-bond acceptors (Lipinski definition) is 0. The predicted molar refractivity (Wildman–Crippen MR) is 61.9 cm³/mol. The first-order chi connectivity index (χ1) is 6.86. The summed E-state index contributed by atoms with van der Waals surface area (Å²) in [5.74, 6) is 2.70. The molecule has 0 heteroatoms. The summed E-state index contributed by atoms with van der Waals surface area (Å²) < 4.78 is 0. The first kappa shape index (κ1) is 10.3. The van der Waals surface area contributed by atoms with E-state index in [0.717, 1.165) is 12.0 Å². The van der Waals surface area contributed by atoms with Crippen LogP contribution >= 0.6 is 0 Å². The summed E-state index contributed by atoms with van der Waals surface area (Å²) in [5.41, 5.74) is 2.26. The molecule has 1 rings (SSSR count).